The molecule has 1 saturated heterocycles. The summed E-state index contributed by atoms with van der Waals surface area (Å²) in [5.41, 5.74) is 2.19. The number of β-amino-alcohol motifs (C(OH)–C–C–N with tert-alkyl or cyclic N) is 1. The molecule has 1 aromatic heterocycles. The highest BCUT2D eigenvalue weighted by Crippen LogP contribution is 2.24. The maximum Gasteiger partial charge on any atom is 0.0761 e. The number of aromatic nitrogens is 1. The van der Waals surface area contributed by atoms with Crippen LogP contribution >= 0.6 is 11.6 Å². The van der Waals surface area contributed by atoms with Crippen molar-refractivity contribution in [3.63, 3.8) is 0 Å². The van der Waals surface area contributed by atoms with Gasteiger partial charge in [0, 0.05) is 29.7 Å². The highest BCUT2D eigenvalue weighted by molar-refractivity contribution is 6.35. The average Bonchev–Trinajstić information content (AvgIpc) is 2.59. The van der Waals surface area contributed by atoms with Gasteiger partial charge in [-0.25, -0.2) is 0 Å². The molecule has 0 bridgehead atoms. The molecule has 5 heteroatoms. The van der Waals surface area contributed by atoms with Gasteiger partial charge in [0.05, 0.1) is 12.1 Å². The first-order chi connectivity index (χ1) is 11.3. The maximum absolute atomic E-state index is 8.99. The minimum atomic E-state index is 0.263. The Morgan fingerprint density at radius 2 is 2.09 bits per heavy atom. The molecule has 124 valence electrons. The van der Waals surface area contributed by atoms with Gasteiger partial charge in [-0.15, -0.1) is 0 Å². The smallest absolute Gasteiger partial charge is 0.0761 e. The van der Waals surface area contributed by atoms with Crippen LogP contribution in [-0.2, 0) is 6.54 Å². The molecule has 0 saturated carbocycles. The van der Waals surface area contributed by atoms with Crippen LogP contribution in [0.15, 0.2) is 30.5 Å². The molecule has 4 nitrogen and oxygen atoms in total. The molecule has 1 aromatic carbocycles. The molecule has 2 heterocycles. The Labute approximate surface area is 142 Å². The predicted octanol–water partition coefficient (Wildman–Crippen LogP) is 2.68. The number of rotatable bonds is 6. The van der Waals surface area contributed by atoms with E-state index in [0.29, 0.717) is 0 Å². The average molecular weight is 334 g/mol. The number of aliphatic hydroxyl groups excluding tert-OH is 1. The molecule has 1 aliphatic heterocycles. The lowest BCUT2D eigenvalue weighted by Gasteiger charge is -2.31. The second-order valence-electron chi connectivity index (χ2n) is 6.25. The molecule has 0 aliphatic carbocycles. The lowest BCUT2D eigenvalue weighted by Crippen LogP contribution is -2.38. The molecular weight excluding hydrogens is 310 g/mol. The van der Waals surface area contributed by atoms with Gasteiger partial charge in [0.25, 0.3) is 0 Å². The van der Waals surface area contributed by atoms with Crippen molar-refractivity contribution in [2.45, 2.75) is 19.4 Å². The number of piperidine rings is 1. The summed E-state index contributed by atoms with van der Waals surface area (Å²) in [6.07, 6.45) is 4.22. The van der Waals surface area contributed by atoms with E-state index in [2.05, 4.69) is 21.3 Å². The van der Waals surface area contributed by atoms with Crippen LogP contribution in [0, 0.1) is 5.92 Å². The van der Waals surface area contributed by atoms with Crippen molar-refractivity contribution >= 4 is 22.5 Å². The van der Waals surface area contributed by atoms with Crippen molar-refractivity contribution in [1.29, 1.82) is 0 Å². The van der Waals surface area contributed by atoms with Crippen LogP contribution in [0.25, 0.3) is 10.9 Å². The fourth-order valence-corrected chi connectivity index (χ4v) is 3.52. The van der Waals surface area contributed by atoms with Gasteiger partial charge >= 0.3 is 0 Å². The lowest BCUT2D eigenvalue weighted by molar-refractivity contribution is 0.146. The normalized spacial score (nSPS) is 17.0. The van der Waals surface area contributed by atoms with E-state index in [1.54, 1.807) is 0 Å². The number of fused-ring (bicyclic) bond motifs is 1. The number of pyridine rings is 1. The summed E-state index contributed by atoms with van der Waals surface area (Å²) >= 11 is 6.24. The van der Waals surface area contributed by atoms with E-state index in [4.69, 9.17) is 16.7 Å². The molecule has 1 aliphatic rings. The Balaban J connectivity index is 1.53. The van der Waals surface area contributed by atoms with E-state index in [1.807, 2.05) is 24.4 Å². The van der Waals surface area contributed by atoms with Crippen LogP contribution < -0.4 is 5.32 Å². The lowest BCUT2D eigenvalue weighted by atomic mass is 9.96. The van der Waals surface area contributed by atoms with Crippen molar-refractivity contribution in [3.8, 4) is 0 Å². The molecule has 0 unspecified atom stereocenters. The first-order valence-electron chi connectivity index (χ1n) is 8.34. The number of aliphatic hydroxyl groups is 1. The number of nitrogens with one attached hydrogen (secondary N) is 1. The Morgan fingerprint density at radius 1 is 1.26 bits per heavy atom. The summed E-state index contributed by atoms with van der Waals surface area (Å²) in [6, 6.07) is 7.96. The standard InChI is InChI=1S/C18H24ClN3O/c19-17-4-3-15(18-16(17)2-1-7-21-18)13-20-12-14-5-8-22(9-6-14)10-11-23/h1-4,7,14,20,23H,5-6,8-13H2. The zero-order valence-corrected chi connectivity index (χ0v) is 14.1. The van der Waals surface area contributed by atoms with Crippen molar-refractivity contribution in [2.75, 3.05) is 32.8 Å². The van der Waals surface area contributed by atoms with E-state index in [0.717, 1.165) is 54.6 Å². The zero-order valence-electron chi connectivity index (χ0n) is 13.3. The van der Waals surface area contributed by atoms with Gasteiger partial charge in [-0.05, 0) is 62.2 Å². The molecule has 0 radical (unpaired) electrons. The second-order valence-corrected chi connectivity index (χ2v) is 6.65. The minimum Gasteiger partial charge on any atom is -0.395 e. The summed E-state index contributed by atoms with van der Waals surface area (Å²) in [5, 5.41) is 14.3. The van der Waals surface area contributed by atoms with Crippen LogP contribution in [0.5, 0.6) is 0 Å². The number of halogens is 1. The highest BCUT2D eigenvalue weighted by atomic mass is 35.5. The topological polar surface area (TPSA) is 48.4 Å². The highest BCUT2D eigenvalue weighted by Gasteiger charge is 2.18. The van der Waals surface area contributed by atoms with Crippen LogP contribution in [0.3, 0.4) is 0 Å². The van der Waals surface area contributed by atoms with E-state index in [9.17, 15) is 0 Å². The first-order valence-corrected chi connectivity index (χ1v) is 8.72. The third-order valence-corrected chi connectivity index (χ3v) is 5.00. The fraction of sp³-hybridized carbons (Fsp3) is 0.500. The molecular formula is C18H24ClN3O. The summed E-state index contributed by atoms with van der Waals surface area (Å²) in [6.45, 7) is 5.12. The Kier molecular flexibility index (Phi) is 5.84. The SMILES string of the molecule is OCCN1CCC(CNCc2ccc(Cl)c3cccnc23)CC1. The van der Waals surface area contributed by atoms with Crippen molar-refractivity contribution in [2.24, 2.45) is 5.92 Å². The molecule has 3 rings (SSSR count). The fourth-order valence-electron chi connectivity index (χ4n) is 3.31. The van der Waals surface area contributed by atoms with Crippen LogP contribution in [0.2, 0.25) is 5.02 Å². The third-order valence-electron chi connectivity index (χ3n) is 4.67. The van der Waals surface area contributed by atoms with Gasteiger partial charge in [0.2, 0.25) is 0 Å². The first kappa shape index (κ1) is 16.7. The van der Waals surface area contributed by atoms with Gasteiger partial charge < -0.3 is 15.3 Å². The summed E-state index contributed by atoms with van der Waals surface area (Å²) in [7, 11) is 0. The number of nitrogens with zero attached hydrogens (tertiary/aromatic N) is 2. The van der Waals surface area contributed by atoms with Gasteiger partial charge in [0.1, 0.15) is 0 Å². The molecule has 2 aromatic rings. The monoisotopic (exact) mass is 333 g/mol. The molecule has 2 N–H and O–H groups in total. The van der Waals surface area contributed by atoms with Gasteiger partial charge in [0.15, 0.2) is 0 Å². The number of likely N-dealkylation sites (tertiary alicyclic amines) is 1. The number of hydrogen-bond acceptors (Lipinski definition) is 4. The minimum absolute atomic E-state index is 0.263. The third kappa shape index (κ3) is 4.21. The quantitative estimate of drug-likeness (QED) is 0.853. The van der Waals surface area contributed by atoms with Gasteiger partial charge in [-0.2, -0.15) is 0 Å². The van der Waals surface area contributed by atoms with Gasteiger partial charge in [-0.3, -0.25) is 4.98 Å². The molecule has 0 spiro atoms. The predicted molar refractivity (Wildman–Crippen MR) is 94.7 cm³/mol. The summed E-state index contributed by atoms with van der Waals surface area (Å²) < 4.78 is 0. The van der Waals surface area contributed by atoms with E-state index < -0.39 is 0 Å². The molecule has 23 heavy (non-hydrogen) atoms. The van der Waals surface area contributed by atoms with Gasteiger partial charge in [-0.1, -0.05) is 17.7 Å². The molecule has 0 atom stereocenters. The van der Waals surface area contributed by atoms with Crippen molar-refractivity contribution in [3.05, 3.63) is 41.0 Å². The Morgan fingerprint density at radius 3 is 2.87 bits per heavy atom. The van der Waals surface area contributed by atoms with Crippen molar-refractivity contribution in [1.82, 2.24) is 15.2 Å². The van der Waals surface area contributed by atoms with E-state index >= 15 is 0 Å². The Bertz CT molecular complexity index is 641. The Hall–Kier alpha value is -1.20. The van der Waals surface area contributed by atoms with E-state index in [-0.39, 0.29) is 6.61 Å². The van der Waals surface area contributed by atoms with Crippen LogP contribution in [0.4, 0.5) is 0 Å². The number of benzene rings is 1. The maximum atomic E-state index is 8.99. The van der Waals surface area contributed by atoms with Crippen molar-refractivity contribution < 1.29 is 5.11 Å². The largest absolute Gasteiger partial charge is 0.395 e. The second kappa shape index (κ2) is 8.06. The summed E-state index contributed by atoms with van der Waals surface area (Å²) in [5.74, 6) is 0.719. The molecule has 0 amide bonds. The van der Waals surface area contributed by atoms with E-state index in [1.165, 1.54) is 18.4 Å². The molecule has 1 fully saturated rings. The summed E-state index contributed by atoms with van der Waals surface area (Å²) in [4.78, 5) is 6.82. The van der Waals surface area contributed by atoms with Crippen LogP contribution in [-0.4, -0.2) is 47.8 Å². The number of hydrogen-bond donors (Lipinski definition) is 2. The van der Waals surface area contributed by atoms with Crippen LogP contribution in [0.1, 0.15) is 18.4 Å². The zero-order chi connectivity index (χ0) is 16.1.